The molecular weight excluding hydrogens is 448 g/mol. The molecule has 7 heteroatoms. The Morgan fingerprint density at radius 3 is 2.26 bits per heavy atom. The summed E-state index contributed by atoms with van der Waals surface area (Å²) in [7, 11) is -3.70. The molecular formula is C27H30N2O4S. The fraction of sp³-hybridized carbons (Fsp3) is 0.296. The number of carbonyl (C=O) groups excluding carboxylic acids is 1. The lowest BCUT2D eigenvalue weighted by molar-refractivity contribution is 0.0227. The van der Waals surface area contributed by atoms with Crippen LogP contribution in [0.3, 0.4) is 0 Å². The Labute approximate surface area is 201 Å². The summed E-state index contributed by atoms with van der Waals surface area (Å²) in [6, 6.07) is 20.7. The highest BCUT2D eigenvalue weighted by atomic mass is 32.2. The quantitative estimate of drug-likeness (QED) is 0.462. The van der Waals surface area contributed by atoms with Gasteiger partial charge in [0, 0.05) is 23.2 Å². The number of para-hydroxylation sites is 1. The van der Waals surface area contributed by atoms with Gasteiger partial charge in [-0.3, -0.25) is 9.52 Å². The van der Waals surface area contributed by atoms with Crippen LogP contribution < -0.4 is 14.8 Å². The molecule has 0 aliphatic carbocycles. The molecule has 0 saturated carbocycles. The Morgan fingerprint density at radius 2 is 1.62 bits per heavy atom. The molecule has 34 heavy (non-hydrogen) atoms. The Balaban J connectivity index is 1.49. The van der Waals surface area contributed by atoms with E-state index in [0.717, 1.165) is 29.7 Å². The van der Waals surface area contributed by atoms with Crippen LogP contribution in [0.25, 0.3) is 0 Å². The second-order valence-electron chi connectivity index (χ2n) is 8.76. The van der Waals surface area contributed by atoms with Crippen molar-refractivity contribution in [1.82, 2.24) is 5.32 Å². The van der Waals surface area contributed by atoms with E-state index in [0.29, 0.717) is 17.7 Å². The predicted octanol–water partition coefficient (Wildman–Crippen LogP) is 5.61. The Hall–Kier alpha value is -3.32. The summed E-state index contributed by atoms with van der Waals surface area (Å²) in [5, 5.41) is 3.16. The van der Waals surface area contributed by atoms with Crippen LogP contribution in [0.1, 0.15) is 60.6 Å². The summed E-state index contributed by atoms with van der Waals surface area (Å²) < 4.78 is 34.1. The summed E-state index contributed by atoms with van der Waals surface area (Å²) in [4.78, 5) is 13.3. The Kier molecular flexibility index (Phi) is 6.66. The minimum Gasteiger partial charge on any atom is -0.487 e. The number of hydrogen-bond donors (Lipinski definition) is 2. The van der Waals surface area contributed by atoms with Gasteiger partial charge in [-0.05, 0) is 62.2 Å². The van der Waals surface area contributed by atoms with Gasteiger partial charge in [0.15, 0.2) is 0 Å². The third kappa shape index (κ3) is 4.94. The van der Waals surface area contributed by atoms with Gasteiger partial charge in [0.25, 0.3) is 15.9 Å². The molecule has 1 aliphatic heterocycles. The maximum atomic E-state index is 13.1. The van der Waals surface area contributed by atoms with Crippen molar-refractivity contribution >= 4 is 21.6 Å². The summed E-state index contributed by atoms with van der Waals surface area (Å²) in [6.07, 6.45) is 2.39. The van der Waals surface area contributed by atoms with Crippen molar-refractivity contribution in [3.8, 4) is 5.75 Å². The number of anilines is 1. The van der Waals surface area contributed by atoms with Crippen molar-refractivity contribution in [3.05, 3.63) is 89.5 Å². The highest BCUT2D eigenvalue weighted by Gasteiger charge is 2.39. The average molecular weight is 479 g/mol. The van der Waals surface area contributed by atoms with Crippen molar-refractivity contribution in [3.63, 3.8) is 0 Å². The number of hydrogen-bond acceptors (Lipinski definition) is 4. The number of benzene rings is 3. The van der Waals surface area contributed by atoms with Gasteiger partial charge < -0.3 is 10.1 Å². The van der Waals surface area contributed by atoms with Gasteiger partial charge >= 0.3 is 0 Å². The lowest BCUT2D eigenvalue weighted by Crippen LogP contribution is -2.44. The number of sulfonamides is 1. The number of rotatable bonds is 7. The fourth-order valence-electron chi connectivity index (χ4n) is 4.29. The van der Waals surface area contributed by atoms with Crippen LogP contribution in [0.2, 0.25) is 0 Å². The summed E-state index contributed by atoms with van der Waals surface area (Å²) in [6.45, 7) is 6.11. The molecule has 0 spiro atoms. The van der Waals surface area contributed by atoms with E-state index in [9.17, 15) is 13.2 Å². The minimum atomic E-state index is -3.70. The molecule has 0 radical (unpaired) electrons. The van der Waals surface area contributed by atoms with E-state index in [1.807, 2.05) is 31.2 Å². The van der Waals surface area contributed by atoms with E-state index in [1.165, 1.54) is 0 Å². The third-order valence-corrected chi connectivity index (χ3v) is 7.92. The van der Waals surface area contributed by atoms with Crippen LogP contribution in [-0.2, 0) is 10.0 Å². The van der Waals surface area contributed by atoms with Crippen molar-refractivity contribution in [1.29, 1.82) is 0 Å². The van der Waals surface area contributed by atoms with E-state index in [-0.39, 0.29) is 22.4 Å². The van der Waals surface area contributed by atoms with Crippen molar-refractivity contribution < 1.29 is 17.9 Å². The van der Waals surface area contributed by atoms with Crippen LogP contribution in [0.5, 0.6) is 5.75 Å². The SMILES string of the molecule is CCC1(CC)C[C@H](NC(=O)c2ccc(NS(=O)(=O)c3ccc(C)cc3)cc2)c2ccccc2O1. The minimum absolute atomic E-state index is 0.169. The standard InChI is InChI=1S/C27H30N2O4S/c1-4-27(5-2)18-24(23-8-6-7-9-25(23)33-27)28-26(30)20-12-14-21(15-13-20)29-34(31,32)22-16-10-19(3)11-17-22/h6-17,24,29H,4-5,18H2,1-3H3,(H,28,30)/t24-/m0/s1. The van der Waals surface area contributed by atoms with Crippen molar-refractivity contribution in [2.75, 3.05) is 4.72 Å². The van der Waals surface area contributed by atoms with Crippen LogP contribution in [0, 0.1) is 6.92 Å². The van der Waals surface area contributed by atoms with Gasteiger partial charge in [-0.25, -0.2) is 8.42 Å². The first-order chi connectivity index (χ1) is 16.2. The molecule has 0 saturated heterocycles. The van der Waals surface area contributed by atoms with Gasteiger partial charge in [0.2, 0.25) is 0 Å². The van der Waals surface area contributed by atoms with E-state index in [4.69, 9.17) is 4.74 Å². The molecule has 3 aromatic carbocycles. The Morgan fingerprint density at radius 1 is 0.971 bits per heavy atom. The van der Waals surface area contributed by atoms with Gasteiger partial charge in [0.1, 0.15) is 11.4 Å². The maximum absolute atomic E-state index is 13.1. The second kappa shape index (κ2) is 9.50. The third-order valence-electron chi connectivity index (χ3n) is 6.52. The van der Waals surface area contributed by atoms with Crippen LogP contribution >= 0.6 is 0 Å². The van der Waals surface area contributed by atoms with Crippen LogP contribution in [0.15, 0.2) is 77.7 Å². The van der Waals surface area contributed by atoms with Gasteiger partial charge in [-0.15, -0.1) is 0 Å². The van der Waals surface area contributed by atoms with Gasteiger partial charge in [-0.2, -0.15) is 0 Å². The molecule has 4 rings (SSSR count). The molecule has 1 amide bonds. The van der Waals surface area contributed by atoms with Crippen LogP contribution in [-0.4, -0.2) is 19.9 Å². The van der Waals surface area contributed by atoms with Crippen LogP contribution in [0.4, 0.5) is 5.69 Å². The Bertz CT molecular complexity index is 1260. The van der Waals surface area contributed by atoms with Gasteiger partial charge in [0.05, 0.1) is 10.9 Å². The molecule has 1 heterocycles. The predicted molar refractivity (Wildman–Crippen MR) is 134 cm³/mol. The van der Waals surface area contributed by atoms with Crippen molar-refractivity contribution in [2.45, 2.75) is 56.6 Å². The molecule has 1 atom stereocenters. The first kappa shape index (κ1) is 23.8. The zero-order valence-electron chi connectivity index (χ0n) is 19.7. The normalized spacial score (nSPS) is 16.7. The monoisotopic (exact) mass is 478 g/mol. The molecule has 0 bridgehead atoms. The highest BCUT2D eigenvalue weighted by molar-refractivity contribution is 7.92. The number of aryl methyl sites for hydroxylation is 1. The zero-order valence-corrected chi connectivity index (χ0v) is 20.5. The number of amides is 1. The van der Waals surface area contributed by atoms with E-state index in [1.54, 1.807) is 48.5 Å². The molecule has 0 aromatic heterocycles. The van der Waals surface area contributed by atoms with Gasteiger partial charge in [-0.1, -0.05) is 49.7 Å². The maximum Gasteiger partial charge on any atom is 0.261 e. The summed E-state index contributed by atoms with van der Waals surface area (Å²) in [5.41, 5.74) is 2.49. The topological polar surface area (TPSA) is 84.5 Å². The lowest BCUT2D eigenvalue weighted by Gasteiger charge is -2.41. The summed E-state index contributed by atoms with van der Waals surface area (Å²) >= 11 is 0. The largest absolute Gasteiger partial charge is 0.487 e. The molecule has 6 nitrogen and oxygen atoms in total. The number of carbonyl (C=O) groups is 1. The highest BCUT2D eigenvalue weighted by Crippen LogP contribution is 2.42. The number of ether oxygens (including phenoxy) is 1. The molecule has 3 aromatic rings. The molecule has 0 unspecified atom stereocenters. The van der Waals surface area contributed by atoms with Crippen molar-refractivity contribution in [2.24, 2.45) is 0 Å². The lowest BCUT2D eigenvalue weighted by atomic mass is 9.83. The molecule has 178 valence electrons. The second-order valence-corrected chi connectivity index (χ2v) is 10.4. The molecule has 0 fully saturated rings. The fourth-order valence-corrected chi connectivity index (χ4v) is 5.35. The zero-order chi connectivity index (χ0) is 24.3. The molecule has 1 aliphatic rings. The van der Waals surface area contributed by atoms with E-state index < -0.39 is 10.0 Å². The smallest absolute Gasteiger partial charge is 0.261 e. The summed E-state index contributed by atoms with van der Waals surface area (Å²) in [5.74, 6) is 0.597. The van der Waals surface area contributed by atoms with E-state index in [2.05, 4.69) is 23.9 Å². The number of fused-ring (bicyclic) bond motifs is 1. The van der Waals surface area contributed by atoms with E-state index >= 15 is 0 Å². The molecule has 2 N–H and O–H groups in total. The number of nitrogens with one attached hydrogen (secondary N) is 2. The first-order valence-corrected chi connectivity index (χ1v) is 13.0. The first-order valence-electron chi connectivity index (χ1n) is 11.5. The average Bonchev–Trinajstić information content (AvgIpc) is 2.84.